The van der Waals surface area contributed by atoms with Crippen LogP contribution in [0.2, 0.25) is 0 Å². The van der Waals surface area contributed by atoms with Crippen LogP contribution in [0.4, 0.5) is 10.5 Å². The van der Waals surface area contributed by atoms with E-state index in [1.165, 1.54) is 0 Å². The highest BCUT2D eigenvalue weighted by Crippen LogP contribution is 2.32. The number of hydrogen-bond donors (Lipinski definition) is 3. The van der Waals surface area contributed by atoms with Crippen molar-refractivity contribution in [2.24, 2.45) is 5.92 Å². The number of nitrogens with one attached hydrogen (secondary N) is 3. The number of hydrogen-bond acceptors (Lipinski definition) is 4. The predicted octanol–water partition coefficient (Wildman–Crippen LogP) is 3.63. The number of urea groups is 1. The van der Waals surface area contributed by atoms with Crippen LogP contribution in [0.3, 0.4) is 0 Å². The molecule has 0 aliphatic heterocycles. The zero-order chi connectivity index (χ0) is 20.8. The smallest absolute Gasteiger partial charge is 0.319 e. The Morgan fingerprint density at radius 3 is 2.52 bits per heavy atom. The Kier molecular flexibility index (Phi) is 6.39. The second-order valence-corrected chi connectivity index (χ2v) is 6.99. The van der Waals surface area contributed by atoms with Gasteiger partial charge >= 0.3 is 6.03 Å². The van der Waals surface area contributed by atoms with Crippen molar-refractivity contribution in [1.29, 1.82) is 0 Å². The van der Waals surface area contributed by atoms with Crippen LogP contribution in [-0.4, -0.2) is 28.5 Å². The van der Waals surface area contributed by atoms with Crippen molar-refractivity contribution in [3.63, 3.8) is 0 Å². The molecule has 0 spiro atoms. The van der Waals surface area contributed by atoms with E-state index >= 15 is 0 Å². The van der Waals surface area contributed by atoms with E-state index in [2.05, 4.69) is 25.9 Å². The van der Waals surface area contributed by atoms with Crippen LogP contribution in [0.1, 0.15) is 37.9 Å². The van der Waals surface area contributed by atoms with Crippen LogP contribution in [0.25, 0.3) is 10.8 Å². The van der Waals surface area contributed by atoms with Crippen molar-refractivity contribution >= 4 is 28.4 Å². The molecule has 0 fully saturated rings. The van der Waals surface area contributed by atoms with Crippen LogP contribution < -0.4 is 16.0 Å². The lowest BCUT2D eigenvalue weighted by atomic mass is 9.93. The van der Waals surface area contributed by atoms with E-state index in [9.17, 15) is 9.59 Å². The largest absolute Gasteiger partial charge is 0.345 e. The molecule has 3 amide bonds. The van der Waals surface area contributed by atoms with Gasteiger partial charge in [0, 0.05) is 42.0 Å². The summed E-state index contributed by atoms with van der Waals surface area (Å²) in [5.41, 5.74) is 2.18. The first-order valence-corrected chi connectivity index (χ1v) is 9.63. The van der Waals surface area contributed by atoms with E-state index in [0.29, 0.717) is 12.2 Å². The Balaban J connectivity index is 2.12. The van der Waals surface area contributed by atoms with E-state index in [-0.39, 0.29) is 17.9 Å². The fraction of sp³-hybridized carbons (Fsp3) is 0.273. The fourth-order valence-corrected chi connectivity index (χ4v) is 3.11. The van der Waals surface area contributed by atoms with E-state index in [4.69, 9.17) is 0 Å². The number of nitrogens with zero attached hydrogens (tertiary/aromatic N) is 2. The standard InChI is InChI=1S/C22H25N5O2/c1-4-25-22(29)26-19-13-24-11-9-17(19)20(27-21(28)14(2)3)16-7-5-6-15-8-10-23-12-18(15)16/h5-14,20H,4H2,1-3H3,(H,27,28)(H2,25,26,29). The first-order valence-electron chi connectivity index (χ1n) is 9.63. The van der Waals surface area contributed by atoms with Gasteiger partial charge in [-0.2, -0.15) is 0 Å². The van der Waals surface area contributed by atoms with E-state index in [0.717, 1.165) is 21.9 Å². The van der Waals surface area contributed by atoms with Crippen LogP contribution in [0, 0.1) is 5.92 Å². The predicted molar refractivity (Wildman–Crippen MR) is 113 cm³/mol. The summed E-state index contributed by atoms with van der Waals surface area (Å²) in [7, 11) is 0. The normalized spacial score (nSPS) is 11.9. The summed E-state index contributed by atoms with van der Waals surface area (Å²) < 4.78 is 0. The Morgan fingerprint density at radius 2 is 1.76 bits per heavy atom. The lowest BCUT2D eigenvalue weighted by molar-refractivity contribution is -0.124. The average molecular weight is 391 g/mol. The van der Waals surface area contributed by atoms with Crippen LogP contribution >= 0.6 is 0 Å². The molecule has 2 heterocycles. The minimum absolute atomic E-state index is 0.0864. The van der Waals surface area contributed by atoms with Crippen LogP contribution in [0.15, 0.2) is 55.1 Å². The fourth-order valence-electron chi connectivity index (χ4n) is 3.11. The lowest BCUT2D eigenvalue weighted by Gasteiger charge is -2.24. The molecule has 1 atom stereocenters. The van der Waals surface area contributed by atoms with Crippen LogP contribution in [-0.2, 0) is 4.79 Å². The summed E-state index contributed by atoms with van der Waals surface area (Å²) in [5, 5.41) is 10.6. The number of carbonyl (C=O) groups excluding carboxylic acids is 2. The van der Waals surface area contributed by atoms with Crippen molar-refractivity contribution in [3.05, 3.63) is 66.2 Å². The molecule has 0 radical (unpaired) electrons. The first-order chi connectivity index (χ1) is 14.0. The topological polar surface area (TPSA) is 96.0 Å². The monoisotopic (exact) mass is 391 g/mol. The molecule has 1 aromatic carbocycles. The van der Waals surface area contributed by atoms with Gasteiger partial charge in [0.2, 0.25) is 5.91 Å². The maximum absolute atomic E-state index is 12.6. The molecule has 7 nitrogen and oxygen atoms in total. The summed E-state index contributed by atoms with van der Waals surface area (Å²) in [6.07, 6.45) is 6.76. The molecule has 150 valence electrons. The summed E-state index contributed by atoms with van der Waals surface area (Å²) in [5.74, 6) is -0.274. The third-order valence-electron chi connectivity index (χ3n) is 4.59. The number of rotatable bonds is 6. The maximum Gasteiger partial charge on any atom is 0.319 e. The molecule has 0 aliphatic rings. The van der Waals surface area contributed by atoms with Gasteiger partial charge in [-0.05, 0) is 30.0 Å². The van der Waals surface area contributed by atoms with Crippen molar-refractivity contribution < 1.29 is 9.59 Å². The third kappa shape index (κ3) is 4.68. The summed E-state index contributed by atoms with van der Waals surface area (Å²) in [4.78, 5) is 33.1. The molecular weight excluding hydrogens is 366 g/mol. The van der Waals surface area contributed by atoms with Gasteiger partial charge in [-0.15, -0.1) is 0 Å². The second-order valence-electron chi connectivity index (χ2n) is 6.99. The van der Waals surface area contributed by atoms with Gasteiger partial charge in [0.05, 0.1) is 17.9 Å². The lowest BCUT2D eigenvalue weighted by Crippen LogP contribution is -2.34. The maximum atomic E-state index is 12.6. The molecule has 3 N–H and O–H groups in total. The number of aromatic nitrogens is 2. The minimum atomic E-state index is -0.474. The number of anilines is 1. The summed E-state index contributed by atoms with van der Waals surface area (Å²) in [6, 6.07) is 8.86. The number of carbonyl (C=O) groups is 2. The highest BCUT2D eigenvalue weighted by atomic mass is 16.2. The molecule has 3 aromatic rings. The van der Waals surface area contributed by atoms with Crippen molar-refractivity contribution in [2.75, 3.05) is 11.9 Å². The number of benzene rings is 1. The van der Waals surface area contributed by atoms with Gasteiger partial charge in [0.1, 0.15) is 0 Å². The van der Waals surface area contributed by atoms with E-state index < -0.39 is 6.04 Å². The highest BCUT2D eigenvalue weighted by Gasteiger charge is 2.23. The van der Waals surface area contributed by atoms with Crippen molar-refractivity contribution in [2.45, 2.75) is 26.8 Å². The first kappa shape index (κ1) is 20.3. The second kappa shape index (κ2) is 9.14. The molecule has 0 aliphatic carbocycles. The highest BCUT2D eigenvalue weighted by molar-refractivity contribution is 5.91. The molecule has 7 heteroatoms. The number of fused-ring (bicyclic) bond motifs is 1. The third-order valence-corrected chi connectivity index (χ3v) is 4.59. The van der Waals surface area contributed by atoms with E-state index in [1.807, 2.05) is 51.1 Å². The minimum Gasteiger partial charge on any atom is -0.345 e. The van der Waals surface area contributed by atoms with Crippen molar-refractivity contribution in [3.8, 4) is 0 Å². The summed E-state index contributed by atoms with van der Waals surface area (Å²) in [6.45, 7) is 6.04. The molecule has 0 saturated heterocycles. The number of pyridine rings is 2. The van der Waals surface area contributed by atoms with Gasteiger partial charge in [-0.25, -0.2) is 4.79 Å². The van der Waals surface area contributed by atoms with Gasteiger partial charge in [0.15, 0.2) is 0 Å². The van der Waals surface area contributed by atoms with Crippen LogP contribution in [0.5, 0.6) is 0 Å². The Morgan fingerprint density at radius 1 is 1.00 bits per heavy atom. The summed E-state index contributed by atoms with van der Waals surface area (Å²) >= 11 is 0. The molecule has 0 bridgehead atoms. The Bertz CT molecular complexity index is 1010. The quantitative estimate of drug-likeness (QED) is 0.598. The zero-order valence-electron chi connectivity index (χ0n) is 16.8. The molecule has 0 saturated carbocycles. The Hall–Kier alpha value is -3.48. The van der Waals surface area contributed by atoms with E-state index in [1.54, 1.807) is 24.8 Å². The molecule has 2 aromatic heterocycles. The van der Waals surface area contributed by atoms with Gasteiger partial charge in [-0.1, -0.05) is 32.0 Å². The van der Waals surface area contributed by atoms with Crippen molar-refractivity contribution in [1.82, 2.24) is 20.6 Å². The van der Waals surface area contributed by atoms with Gasteiger partial charge in [-0.3, -0.25) is 14.8 Å². The van der Waals surface area contributed by atoms with Gasteiger partial charge < -0.3 is 16.0 Å². The zero-order valence-corrected chi connectivity index (χ0v) is 16.8. The Labute approximate surface area is 170 Å². The average Bonchev–Trinajstić information content (AvgIpc) is 2.72. The molecule has 3 rings (SSSR count). The SMILES string of the molecule is CCNC(=O)Nc1cnccc1C(NC(=O)C(C)C)c1cccc2ccncc12. The molecular formula is C22H25N5O2. The molecule has 29 heavy (non-hydrogen) atoms. The van der Waals surface area contributed by atoms with Gasteiger partial charge in [0.25, 0.3) is 0 Å². The number of amides is 3. The molecule has 1 unspecified atom stereocenters.